The maximum atomic E-state index is 13.0. The number of rotatable bonds is 5. The predicted molar refractivity (Wildman–Crippen MR) is 95.8 cm³/mol. The first-order chi connectivity index (χ1) is 12.3. The van der Waals surface area contributed by atoms with E-state index in [9.17, 15) is 4.79 Å². The molecule has 0 radical (unpaired) electrons. The molecule has 4 rings (SSSR count). The van der Waals surface area contributed by atoms with Gasteiger partial charge in [0.2, 0.25) is 0 Å². The lowest BCUT2D eigenvalue weighted by molar-refractivity contribution is -0.137. The first-order valence-corrected chi connectivity index (χ1v) is 8.98. The van der Waals surface area contributed by atoms with Gasteiger partial charge in [0.05, 0.1) is 13.2 Å². The molecule has 0 N–H and O–H groups in total. The number of esters is 1. The van der Waals surface area contributed by atoms with Crippen molar-refractivity contribution < 1.29 is 14.3 Å². The Morgan fingerprint density at radius 2 is 1.68 bits per heavy atom. The van der Waals surface area contributed by atoms with E-state index in [4.69, 9.17) is 9.47 Å². The van der Waals surface area contributed by atoms with Gasteiger partial charge in [-0.25, -0.2) is 0 Å². The minimum atomic E-state index is -0.690. The number of nitrogens with zero attached hydrogens (tertiary/aromatic N) is 1. The summed E-state index contributed by atoms with van der Waals surface area (Å²) >= 11 is 0. The maximum Gasteiger partial charge on any atom is 0.326 e. The molecule has 1 unspecified atom stereocenters. The summed E-state index contributed by atoms with van der Waals surface area (Å²) < 4.78 is 11.1. The predicted octanol–water partition coefficient (Wildman–Crippen LogP) is 3.00. The smallest absolute Gasteiger partial charge is 0.326 e. The molecule has 1 saturated heterocycles. The van der Waals surface area contributed by atoms with E-state index in [0.29, 0.717) is 5.75 Å². The molecular formula is C21H23NO3. The van der Waals surface area contributed by atoms with Gasteiger partial charge in [0.1, 0.15) is 11.2 Å². The Bertz CT molecular complexity index is 740. The SMILES string of the molecule is O=C1Oc2ccccc2C1(CCCN1CCOCC1)c1ccccc1. The van der Waals surface area contributed by atoms with E-state index in [2.05, 4.69) is 4.90 Å². The van der Waals surface area contributed by atoms with E-state index in [0.717, 1.165) is 56.8 Å². The highest BCUT2D eigenvalue weighted by atomic mass is 16.5. The molecule has 0 aliphatic carbocycles. The average Bonchev–Trinajstić information content (AvgIpc) is 2.96. The van der Waals surface area contributed by atoms with Crippen LogP contribution in [-0.4, -0.2) is 43.7 Å². The average molecular weight is 337 g/mol. The first-order valence-electron chi connectivity index (χ1n) is 8.98. The lowest BCUT2D eigenvalue weighted by Gasteiger charge is -2.30. The van der Waals surface area contributed by atoms with Crippen LogP contribution in [0.1, 0.15) is 24.0 Å². The van der Waals surface area contributed by atoms with Gasteiger partial charge >= 0.3 is 5.97 Å². The van der Waals surface area contributed by atoms with Crippen molar-refractivity contribution in [3.8, 4) is 5.75 Å². The fraction of sp³-hybridized carbons (Fsp3) is 0.381. The van der Waals surface area contributed by atoms with Gasteiger partial charge in [-0.15, -0.1) is 0 Å². The van der Waals surface area contributed by atoms with Crippen molar-refractivity contribution in [1.82, 2.24) is 4.90 Å². The summed E-state index contributed by atoms with van der Waals surface area (Å²) in [5, 5.41) is 0. The van der Waals surface area contributed by atoms with Crippen molar-refractivity contribution in [2.75, 3.05) is 32.8 Å². The fourth-order valence-corrected chi connectivity index (χ4v) is 3.97. The molecule has 4 heteroatoms. The highest BCUT2D eigenvalue weighted by Crippen LogP contribution is 2.47. The van der Waals surface area contributed by atoms with Gasteiger partial charge in [0.15, 0.2) is 0 Å². The summed E-state index contributed by atoms with van der Waals surface area (Å²) in [5.74, 6) is 0.546. The highest BCUT2D eigenvalue weighted by Gasteiger charge is 2.49. The molecule has 4 nitrogen and oxygen atoms in total. The number of ether oxygens (including phenoxy) is 2. The summed E-state index contributed by atoms with van der Waals surface area (Å²) in [5.41, 5.74) is 1.32. The molecule has 0 aromatic heterocycles. The molecule has 2 aliphatic heterocycles. The Morgan fingerprint density at radius 1 is 0.960 bits per heavy atom. The maximum absolute atomic E-state index is 13.0. The minimum absolute atomic E-state index is 0.151. The zero-order valence-electron chi connectivity index (χ0n) is 14.3. The number of carbonyl (C=O) groups is 1. The fourth-order valence-electron chi connectivity index (χ4n) is 3.97. The van der Waals surface area contributed by atoms with E-state index in [1.807, 2.05) is 54.6 Å². The molecule has 1 atom stereocenters. The lowest BCUT2D eigenvalue weighted by Crippen LogP contribution is -2.39. The second-order valence-electron chi connectivity index (χ2n) is 6.71. The van der Waals surface area contributed by atoms with Crippen LogP contribution in [0.4, 0.5) is 0 Å². The quantitative estimate of drug-likeness (QED) is 0.621. The monoisotopic (exact) mass is 337 g/mol. The van der Waals surface area contributed by atoms with Crippen LogP contribution in [-0.2, 0) is 14.9 Å². The third-order valence-corrected chi connectivity index (χ3v) is 5.29. The summed E-state index contributed by atoms with van der Waals surface area (Å²) in [6.07, 6.45) is 1.70. The van der Waals surface area contributed by atoms with Gasteiger partial charge in [-0.2, -0.15) is 0 Å². The molecule has 1 fully saturated rings. The van der Waals surface area contributed by atoms with Crippen molar-refractivity contribution in [3.05, 3.63) is 65.7 Å². The van der Waals surface area contributed by atoms with Crippen LogP contribution in [0.3, 0.4) is 0 Å². The van der Waals surface area contributed by atoms with Crippen molar-refractivity contribution in [1.29, 1.82) is 0 Å². The molecular weight excluding hydrogens is 314 g/mol. The van der Waals surface area contributed by atoms with Crippen LogP contribution in [0.25, 0.3) is 0 Å². The van der Waals surface area contributed by atoms with E-state index in [1.54, 1.807) is 0 Å². The minimum Gasteiger partial charge on any atom is -0.425 e. The Morgan fingerprint density at radius 3 is 2.48 bits per heavy atom. The Labute approximate surface area is 148 Å². The van der Waals surface area contributed by atoms with E-state index in [1.165, 1.54) is 0 Å². The van der Waals surface area contributed by atoms with Crippen LogP contribution >= 0.6 is 0 Å². The normalized spacial score (nSPS) is 23.3. The van der Waals surface area contributed by atoms with Gasteiger partial charge in [0.25, 0.3) is 0 Å². The third-order valence-electron chi connectivity index (χ3n) is 5.29. The molecule has 25 heavy (non-hydrogen) atoms. The number of fused-ring (bicyclic) bond motifs is 1. The van der Waals surface area contributed by atoms with Crippen LogP contribution in [0.5, 0.6) is 5.75 Å². The van der Waals surface area contributed by atoms with Gasteiger partial charge in [0, 0.05) is 18.7 Å². The Hall–Kier alpha value is -2.17. The van der Waals surface area contributed by atoms with Gasteiger partial charge in [-0.1, -0.05) is 48.5 Å². The van der Waals surface area contributed by atoms with Crippen LogP contribution < -0.4 is 4.74 Å². The van der Waals surface area contributed by atoms with Gasteiger partial charge < -0.3 is 9.47 Å². The van der Waals surface area contributed by atoms with Crippen molar-refractivity contribution in [2.45, 2.75) is 18.3 Å². The molecule has 0 bridgehead atoms. The number of benzene rings is 2. The van der Waals surface area contributed by atoms with Crippen molar-refractivity contribution >= 4 is 5.97 Å². The Kier molecular flexibility index (Phi) is 4.55. The summed E-state index contributed by atoms with van der Waals surface area (Å²) in [6, 6.07) is 17.9. The van der Waals surface area contributed by atoms with Gasteiger partial charge in [-0.3, -0.25) is 9.69 Å². The molecule has 130 valence electrons. The number of morpholine rings is 1. The second-order valence-corrected chi connectivity index (χ2v) is 6.71. The zero-order chi connectivity index (χ0) is 17.1. The lowest BCUT2D eigenvalue weighted by atomic mass is 9.72. The number of hydrogen-bond acceptors (Lipinski definition) is 4. The highest BCUT2D eigenvalue weighted by molar-refractivity contribution is 5.94. The second kappa shape index (κ2) is 6.98. The van der Waals surface area contributed by atoms with Crippen LogP contribution in [0, 0.1) is 0 Å². The van der Waals surface area contributed by atoms with E-state index < -0.39 is 5.41 Å². The summed E-state index contributed by atoms with van der Waals surface area (Å²) in [6.45, 7) is 4.52. The Balaban J connectivity index is 1.62. The van der Waals surface area contributed by atoms with Crippen LogP contribution in [0.2, 0.25) is 0 Å². The zero-order valence-corrected chi connectivity index (χ0v) is 14.3. The molecule has 2 aromatic carbocycles. The summed E-state index contributed by atoms with van der Waals surface area (Å²) in [7, 11) is 0. The molecule has 0 amide bonds. The standard InChI is InChI=1S/C21H23NO3/c23-20-21(17-7-2-1-3-8-17,18-9-4-5-10-19(18)25-20)11-6-12-22-13-15-24-16-14-22/h1-5,7-10H,6,11-16H2. The topological polar surface area (TPSA) is 38.8 Å². The van der Waals surface area contributed by atoms with E-state index >= 15 is 0 Å². The molecule has 0 saturated carbocycles. The number of carbonyl (C=O) groups excluding carboxylic acids is 1. The largest absolute Gasteiger partial charge is 0.425 e. The molecule has 2 aromatic rings. The third kappa shape index (κ3) is 2.96. The molecule has 2 aliphatic rings. The van der Waals surface area contributed by atoms with Crippen molar-refractivity contribution in [2.24, 2.45) is 0 Å². The van der Waals surface area contributed by atoms with Crippen LogP contribution in [0.15, 0.2) is 54.6 Å². The van der Waals surface area contributed by atoms with E-state index in [-0.39, 0.29) is 5.97 Å². The van der Waals surface area contributed by atoms with Crippen molar-refractivity contribution in [3.63, 3.8) is 0 Å². The first kappa shape index (κ1) is 16.3. The summed E-state index contributed by atoms with van der Waals surface area (Å²) in [4.78, 5) is 15.4. The molecule has 0 spiro atoms. The molecule has 2 heterocycles. The van der Waals surface area contributed by atoms with Gasteiger partial charge in [-0.05, 0) is 31.0 Å². The number of para-hydroxylation sites is 1. The number of hydrogen-bond donors (Lipinski definition) is 0.